The van der Waals surface area contributed by atoms with Crippen LogP contribution in [0.3, 0.4) is 0 Å². The lowest BCUT2D eigenvalue weighted by atomic mass is 10.0. The van der Waals surface area contributed by atoms with E-state index in [9.17, 15) is 9.90 Å². The van der Waals surface area contributed by atoms with Crippen LogP contribution < -0.4 is 10.6 Å². The summed E-state index contributed by atoms with van der Waals surface area (Å²) in [6, 6.07) is 16.7. The molecule has 5 heteroatoms. The monoisotopic (exact) mass is 324 g/mol. The number of fused-ring (bicyclic) bond motifs is 1. The molecule has 0 saturated carbocycles. The van der Waals surface area contributed by atoms with Gasteiger partial charge in [-0.15, -0.1) is 0 Å². The van der Waals surface area contributed by atoms with Crippen molar-refractivity contribution >= 4 is 28.9 Å². The topological polar surface area (TPSA) is 61.4 Å². The Morgan fingerprint density at radius 2 is 1.57 bits per heavy atom. The third-order valence-electron chi connectivity index (χ3n) is 4.00. The van der Waals surface area contributed by atoms with Crippen LogP contribution in [0.25, 0.3) is 11.4 Å². The third kappa shape index (κ3) is 2.23. The summed E-state index contributed by atoms with van der Waals surface area (Å²) in [4.78, 5) is 12.4. The van der Waals surface area contributed by atoms with Gasteiger partial charge in [0.05, 0.1) is 17.0 Å². The molecule has 2 aromatic rings. The normalized spacial score (nSPS) is 19.7. The highest BCUT2D eigenvalue weighted by Gasteiger charge is 2.40. The molecule has 1 atom stereocenters. The molecule has 114 valence electrons. The van der Waals surface area contributed by atoms with Gasteiger partial charge >= 0.3 is 0 Å². The van der Waals surface area contributed by atoms with E-state index < -0.39 is 6.23 Å². The van der Waals surface area contributed by atoms with Crippen LogP contribution in [-0.4, -0.2) is 17.2 Å². The van der Waals surface area contributed by atoms with E-state index in [2.05, 4.69) is 10.6 Å². The minimum atomic E-state index is -0.926. The van der Waals surface area contributed by atoms with Crippen LogP contribution >= 0.6 is 11.6 Å². The molecule has 4 nitrogen and oxygen atoms in total. The molecule has 23 heavy (non-hydrogen) atoms. The zero-order valence-electron chi connectivity index (χ0n) is 12.0. The van der Waals surface area contributed by atoms with Gasteiger partial charge in [0, 0.05) is 10.6 Å². The average molecular weight is 325 g/mol. The molecule has 1 unspecified atom stereocenters. The van der Waals surface area contributed by atoms with Crippen molar-refractivity contribution in [2.75, 3.05) is 0 Å². The summed E-state index contributed by atoms with van der Waals surface area (Å²) in [7, 11) is 0. The van der Waals surface area contributed by atoms with Crippen molar-refractivity contribution in [2.45, 2.75) is 6.23 Å². The molecule has 3 N–H and O–H groups in total. The Labute approximate surface area is 138 Å². The highest BCUT2D eigenvalue weighted by atomic mass is 35.5. The van der Waals surface area contributed by atoms with Gasteiger partial charge in [-0.1, -0.05) is 54.1 Å². The molecule has 0 spiro atoms. The van der Waals surface area contributed by atoms with Crippen molar-refractivity contribution in [1.82, 2.24) is 10.6 Å². The summed E-state index contributed by atoms with van der Waals surface area (Å²) in [6.07, 6.45) is -0.926. The molecular weight excluding hydrogens is 312 g/mol. The molecule has 0 saturated heterocycles. The van der Waals surface area contributed by atoms with Crippen molar-refractivity contribution in [1.29, 1.82) is 0 Å². The molecule has 0 bridgehead atoms. The van der Waals surface area contributed by atoms with Gasteiger partial charge in [-0.3, -0.25) is 4.79 Å². The largest absolute Gasteiger partial charge is 0.369 e. The Bertz CT molecular complexity index is 854. The van der Waals surface area contributed by atoms with Gasteiger partial charge in [-0.2, -0.15) is 0 Å². The lowest BCUT2D eigenvalue weighted by Gasteiger charge is -2.12. The first kappa shape index (κ1) is 14.1. The first-order valence-corrected chi connectivity index (χ1v) is 7.59. The first-order chi connectivity index (χ1) is 11.1. The summed E-state index contributed by atoms with van der Waals surface area (Å²) in [5.74, 6) is -0.215. The second-order valence-corrected chi connectivity index (χ2v) is 5.85. The van der Waals surface area contributed by atoms with Gasteiger partial charge in [0.15, 0.2) is 6.23 Å². The maximum absolute atomic E-state index is 12.4. The average Bonchev–Trinajstić information content (AvgIpc) is 3.09. The number of hydrogen-bond acceptors (Lipinski definition) is 3. The van der Waals surface area contributed by atoms with Crippen molar-refractivity contribution in [2.24, 2.45) is 0 Å². The Morgan fingerprint density at radius 3 is 2.26 bits per heavy atom. The summed E-state index contributed by atoms with van der Waals surface area (Å²) in [5.41, 5.74) is 4.01. The number of hydrogen-bond donors (Lipinski definition) is 3. The van der Waals surface area contributed by atoms with Crippen LogP contribution in [0.1, 0.15) is 11.1 Å². The fraction of sp³-hybridized carbons (Fsp3) is 0.0556. The highest BCUT2D eigenvalue weighted by Crippen LogP contribution is 2.39. The van der Waals surface area contributed by atoms with Gasteiger partial charge in [0.1, 0.15) is 0 Å². The van der Waals surface area contributed by atoms with Gasteiger partial charge in [-0.25, -0.2) is 0 Å². The van der Waals surface area contributed by atoms with Crippen LogP contribution in [0.2, 0.25) is 5.02 Å². The standard InChI is InChI=1S/C18H13ClN2O2/c19-12-8-6-11(7-9-12)16-14-13(17(22)21-16)15(20-18(14)23)10-4-2-1-3-5-10/h1-9,17,21-22H,(H,20,23). The Morgan fingerprint density at radius 1 is 0.913 bits per heavy atom. The SMILES string of the molecule is O=C1NC(c2ccccc2)=C2C1=C(c1ccc(Cl)cc1)NC2O. The number of rotatable bonds is 2. The molecular formula is C18H13ClN2O2. The second-order valence-electron chi connectivity index (χ2n) is 5.41. The lowest BCUT2D eigenvalue weighted by Crippen LogP contribution is -2.25. The zero-order valence-corrected chi connectivity index (χ0v) is 12.8. The van der Waals surface area contributed by atoms with Crippen molar-refractivity contribution < 1.29 is 9.90 Å². The molecule has 0 radical (unpaired) electrons. The van der Waals surface area contributed by atoms with E-state index in [0.29, 0.717) is 27.6 Å². The molecule has 2 heterocycles. The number of amides is 1. The predicted molar refractivity (Wildman–Crippen MR) is 89.0 cm³/mol. The number of halogens is 1. The van der Waals surface area contributed by atoms with E-state index in [1.165, 1.54) is 0 Å². The quantitative estimate of drug-likeness (QED) is 0.795. The molecule has 2 aliphatic rings. The van der Waals surface area contributed by atoms with Crippen LogP contribution in [0.5, 0.6) is 0 Å². The Hall–Kier alpha value is -2.56. The summed E-state index contributed by atoms with van der Waals surface area (Å²) in [5, 5.41) is 16.9. The van der Waals surface area contributed by atoms with Crippen molar-refractivity contribution in [3.05, 3.63) is 81.9 Å². The highest BCUT2D eigenvalue weighted by molar-refractivity contribution is 6.30. The summed E-state index contributed by atoms with van der Waals surface area (Å²) < 4.78 is 0. The van der Waals surface area contributed by atoms with E-state index >= 15 is 0 Å². The van der Waals surface area contributed by atoms with Crippen LogP contribution in [0.4, 0.5) is 0 Å². The molecule has 1 amide bonds. The van der Waals surface area contributed by atoms with Gasteiger partial charge < -0.3 is 15.7 Å². The second kappa shape index (κ2) is 5.26. The van der Waals surface area contributed by atoms with Crippen LogP contribution in [-0.2, 0) is 4.79 Å². The molecule has 0 aliphatic carbocycles. The smallest absolute Gasteiger partial charge is 0.258 e. The maximum atomic E-state index is 12.4. The zero-order chi connectivity index (χ0) is 16.0. The van der Waals surface area contributed by atoms with E-state index in [1.54, 1.807) is 12.1 Å². The number of aliphatic hydroxyl groups excluding tert-OH is 1. The minimum absolute atomic E-state index is 0.215. The lowest BCUT2D eigenvalue weighted by molar-refractivity contribution is -0.115. The van der Waals surface area contributed by atoms with Crippen molar-refractivity contribution in [3.8, 4) is 0 Å². The maximum Gasteiger partial charge on any atom is 0.258 e. The third-order valence-corrected chi connectivity index (χ3v) is 4.26. The number of carbonyl (C=O) groups is 1. The van der Waals surface area contributed by atoms with E-state index in [1.807, 2.05) is 42.5 Å². The van der Waals surface area contributed by atoms with E-state index in [-0.39, 0.29) is 5.91 Å². The van der Waals surface area contributed by atoms with Gasteiger partial charge in [-0.05, 0) is 23.3 Å². The number of benzene rings is 2. The van der Waals surface area contributed by atoms with E-state index in [0.717, 1.165) is 11.1 Å². The van der Waals surface area contributed by atoms with Gasteiger partial charge in [0.25, 0.3) is 5.91 Å². The summed E-state index contributed by atoms with van der Waals surface area (Å²) >= 11 is 5.92. The fourth-order valence-electron chi connectivity index (χ4n) is 2.97. The van der Waals surface area contributed by atoms with Gasteiger partial charge in [0.2, 0.25) is 0 Å². The number of aliphatic hydroxyl groups is 1. The van der Waals surface area contributed by atoms with Crippen LogP contribution in [0, 0.1) is 0 Å². The number of nitrogens with one attached hydrogen (secondary N) is 2. The van der Waals surface area contributed by atoms with E-state index in [4.69, 9.17) is 11.6 Å². The predicted octanol–water partition coefficient (Wildman–Crippen LogP) is 2.51. The Kier molecular flexibility index (Phi) is 3.22. The molecule has 4 rings (SSSR count). The summed E-state index contributed by atoms with van der Waals surface area (Å²) in [6.45, 7) is 0. The van der Waals surface area contributed by atoms with Crippen molar-refractivity contribution in [3.63, 3.8) is 0 Å². The Balaban J connectivity index is 1.88. The fourth-order valence-corrected chi connectivity index (χ4v) is 3.10. The molecule has 0 aromatic heterocycles. The molecule has 2 aromatic carbocycles. The molecule has 2 aliphatic heterocycles. The first-order valence-electron chi connectivity index (χ1n) is 7.21. The number of carbonyl (C=O) groups excluding carboxylic acids is 1. The molecule has 0 fully saturated rings. The van der Waals surface area contributed by atoms with Crippen LogP contribution in [0.15, 0.2) is 65.7 Å². The minimum Gasteiger partial charge on any atom is -0.369 e.